The van der Waals surface area contributed by atoms with Crippen molar-refractivity contribution in [2.45, 2.75) is 50.1 Å². The molecule has 32 heavy (non-hydrogen) atoms. The topological polar surface area (TPSA) is 49.4 Å². The summed E-state index contributed by atoms with van der Waals surface area (Å²) in [6.07, 6.45) is 6.43. The second kappa shape index (κ2) is 11.0. The van der Waals surface area contributed by atoms with Gasteiger partial charge in [0.1, 0.15) is 0 Å². The minimum atomic E-state index is -0.806. The van der Waals surface area contributed by atoms with Gasteiger partial charge in [-0.2, -0.15) is 0 Å². The fourth-order valence-corrected chi connectivity index (χ4v) is 6.13. The Kier molecular flexibility index (Phi) is 8.03. The normalized spacial score (nSPS) is 26.6. The number of benzene rings is 2. The Morgan fingerprint density at radius 2 is 1.84 bits per heavy atom. The SMILES string of the molecule is CS(=O)CCN[C@H]1CCC[C@@H]2[C@H]1[C@@H](c1ccc(Cl)cc1)CC(=O)N2CCc1ccccc1. The largest absolute Gasteiger partial charge is 0.339 e. The van der Waals surface area contributed by atoms with Crippen LogP contribution in [0.1, 0.15) is 42.7 Å². The molecule has 4 nitrogen and oxygen atoms in total. The number of nitrogens with zero attached hydrogens (tertiary/aromatic N) is 1. The molecular weight excluding hydrogens is 440 g/mol. The Labute approximate surface area is 199 Å². The molecule has 1 unspecified atom stereocenters. The highest BCUT2D eigenvalue weighted by Crippen LogP contribution is 2.45. The molecule has 4 rings (SSSR count). The summed E-state index contributed by atoms with van der Waals surface area (Å²) < 4.78 is 11.6. The summed E-state index contributed by atoms with van der Waals surface area (Å²) in [5.74, 6) is 1.46. The quantitative estimate of drug-likeness (QED) is 0.619. The molecule has 1 aliphatic heterocycles. The van der Waals surface area contributed by atoms with Crippen molar-refractivity contribution in [3.05, 3.63) is 70.7 Å². The van der Waals surface area contributed by atoms with E-state index in [1.54, 1.807) is 6.26 Å². The van der Waals surface area contributed by atoms with E-state index in [2.05, 4.69) is 46.6 Å². The molecule has 2 aromatic rings. The smallest absolute Gasteiger partial charge is 0.223 e. The van der Waals surface area contributed by atoms with Crippen LogP contribution >= 0.6 is 11.6 Å². The monoisotopic (exact) mass is 472 g/mol. The van der Waals surface area contributed by atoms with Crippen molar-refractivity contribution in [1.29, 1.82) is 0 Å². The molecule has 2 fully saturated rings. The maximum absolute atomic E-state index is 13.4. The summed E-state index contributed by atoms with van der Waals surface area (Å²) in [5.41, 5.74) is 2.47. The van der Waals surface area contributed by atoms with Gasteiger partial charge in [-0.1, -0.05) is 54.1 Å². The molecule has 0 radical (unpaired) electrons. The van der Waals surface area contributed by atoms with Crippen molar-refractivity contribution in [3.8, 4) is 0 Å². The Hall–Kier alpha value is -1.69. The zero-order chi connectivity index (χ0) is 22.5. The number of rotatable bonds is 8. The number of carbonyl (C=O) groups excluding carboxylic acids is 1. The first-order valence-corrected chi connectivity index (χ1v) is 13.8. The number of hydrogen-bond donors (Lipinski definition) is 1. The molecule has 2 aromatic carbocycles. The first-order valence-electron chi connectivity index (χ1n) is 11.6. The zero-order valence-corrected chi connectivity index (χ0v) is 20.3. The van der Waals surface area contributed by atoms with Crippen molar-refractivity contribution < 1.29 is 9.00 Å². The zero-order valence-electron chi connectivity index (χ0n) is 18.7. The summed E-state index contributed by atoms with van der Waals surface area (Å²) >= 11 is 6.15. The number of nitrogens with one attached hydrogen (secondary N) is 1. The third kappa shape index (κ3) is 5.62. The number of hydrogen-bond acceptors (Lipinski definition) is 3. The number of fused-ring (bicyclic) bond motifs is 1. The standard InChI is InChI=1S/C26H33ClN2O2S/c1-32(31)17-15-28-23-8-5-9-24-26(23)22(20-10-12-21(27)13-11-20)18-25(30)29(24)16-14-19-6-3-2-4-7-19/h2-4,6-7,10-13,22-24,26,28H,5,8-9,14-18H2,1H3/t22-,23+,24-,26+,32?/m1/s1. The van der Waals surface area contributed by atoms with Crippen molar-refractivity contribution in [2.75, 3.05) is 25.1 Å². The second-order valence-corrected chi connectivity index (χ2v) is 11.1. The lowest BCUT2D eigenvalue weighted by Crippen LogP contribution is -2.60. The summed E-state index contributed by atoms with van der Waals surface area (Å²) in [4.78, 5) is 15.5. The van der Waals surface area contributed by atoms with Gasteiger partial charge in [-0.3, -0.25) is 9.00 Å². The minimum Gasteiger partial charge on any atom is -0.339 e. The first-order chi connectivity index (χ1) is 15.5. The van der Waals surface area contributed by atoms with Gasteiger partial charge in [-0.05, 0) is 54.9 Å². The fraction of sp³-hybridized carbons (Fsp3) is 0.500. The maximum atomic E-state index is 13.4. The molecule has 1 aliphatic carbocycles. The van der Waals surface area contributed by atoms with E-state index in [0.29, 0.717) is 24.1 Å². The molecule has 5 atom stereocenters. The van der Waals surface area contributed by atoms with Gasteiger partial charge in [-0.15, -0.1) is 0 Å². The number of carbonyl (C=O) groups is 1. The summed E-state index contributed by atoms with van der Waals surface area (Å²) in [6.45, 7) is 1.52. The van der Waals surface area contributed by atoms with Crippen molar-refractivity contribution in [3.63, 3.8) is 0 Å². The molecule has 172 valence electrons. The van der Waals surface area contributed by atoms with Gasteiger partial charge < -0.3 is 10.2 Å². The van der Waals surface area contributed by atoms with Crippen molar-refractivity contribution >= 4 is 28.3 Å². The van der Waals surface area contributed by atoms with Gasteiger partial charge in [0.15, 0.2) is 0 Å². The molecule has 6 heteroatoms. The van der Waals surface area contributed by atoms with Crippen LogP contribution in [-0.4, -0.2) is 52.2 Å². The van der Waals surface area contributed by atoms with E-state index in [1.165, 1.54) is 11.1 Å². The summed E-state index contributed by atoms with van der Waals surface area (Å²) in [6, 6.07) is 19.0. The van der Waals surface area contributed by atoms with Gasteiger partial charge in [0, 0.05) is 65.3 Å². The van der Waals surface area contributed by atoms with Crippen LogP contribution < -0.4 is 5.32 Å². The van der Waals surface area contributed by atoms with E-state index in [0.717, 1.165) is 43.8 Å². The molecule has 1 heterocycles. The average molecular weight is 473 g/mol. The van der Waals surface area contributed by atoms with E-state index in [1.807, 2.05) is 18.2 Å². The van der Waals surface area contributed by atoms with E-state index >= 15 is 0 Å². The van der Waals surface area contributed by atoms with Crippen LogP contribution in [0.3, 0.4) is 0 Å². The van der Waals surface area contributed by atoms with Gasteiger partial charge in [0.05, 0.1) is 0 Å². The Morgan fingerprint density at radius 3 is 2.56 bits per heavy atom. The Balaban J connectivity index is 1.57. The molecule has 1 saturated carbocycles. The highest BCUT2D eigenvalue weighted by atomic mass is 35.5. The van der Waals surface area contributed by atoms with E-state index < -0.39 is 10.8 Å². The number of halogens is 1. The predicted molar refractivity (Wildman–Crippen MR) is 133 cm³/mol. The maximum Gasteiger partial charge on any atom is 0.223 e. The lowest BCUT2D eigenvalue weighted by atomic mass is 9.66. The fourth-order valence-electron chi connectivity index (χ4n) is 5.60. The van der Waals surface area contributed by atoms with Crippen LogP contribution in [0.5, 0.6) is 0 Å². The molecule has 2 aliphatic rings. The van der Waals surface area contributed by atoms with Crippen LogP contribution in [0, 0.1) is 5.92 Å². The molecule has 0 aromatic heterocycles. The number of likely N-dealkylation sites (tertiary alicyclic amines) is 1. The molecule has 1 saturated heterocycles. The third-order valence-corrected chi connectivity index (χ3v) is 8.11. The summed E-state index contributed by atoms with van der Waals surface area (Å²) in [5, 5.41) is 4.44. The van der Waals surface area contributed by atoms with E-state index in [4.69, 9.17) is 11.6 Å². The van der Waals surface area contributed by atoms with E-state index in [-0.39, 0.29) is 17.9 Å². The minimum absolute atomic E-state index is 0.183. The van der Waals surface area contributed by atoms with Crippen LogP contribution in [0.2, 0.25) is 5.02 Å². The highest BCUT2D eigenvalue weighted by Gasteiger charge is 2.47. The van der Waals surface area contributed by atoms with Gasteiger partial charge in [0.2, 0.25) is 5.91 Å². The number of amides is 1. The predicted octanol–water partition coefficient (Wildman–Crippen LogP) is 4.40. The molecular formula is C26H33ClN2O2S. The highest BCUT2D eigenvalue weighted by molar-refractivity contribution is 7.84. The lowest BCUT2D eigenvalue weighted by molar-refractivity contribution is -0.142. The first kappa shape index (κ1) is 23.5. The number of piperidine rings is 1. The molecule has 1 amide bonds. The van der Waals surface area contributed by atoms with Crippen LogP contribution in [-0.2, 0) is 22.0 Å². The van der Waals surface area contributed by atoms with Crippen molar-refractivity contribution in [2.24, 2.45) is 5.92 Å². The van der Waals surface area contributed by atoms with Gasteiger partial charge >= 0.3 is 0 Å². The Morgan fingerprint density at radius 1 is 1.09 bits per heavy atom. The van der Waals surface area contributed by atoms with Crippen LogP contribution in [0.15, 0.2) is 54.6 Å². The van der Waals surface area contributed by atoms with Crippen LogP contribution in [0.25, 0.3) is 0 Å². The Bertz CT molecular complexity index is 921. The van der Waals surface area contributed by atoms with Crippen LogP contribution in [0.4, 0.5) is 0 Å². The van der Waals surface area contributed by atoms with Gasteiger partial charge in [-0.25, -0.2) is 0 Å². The molecule has 0 bridgehead atoms. The van der Waals surface area contributed by atoms with Crippen molar-refractivity contribution in [1.82, 2.24) is 10.2 Å². The average Bonchev–Trinajstić information content (AvgIpc) is 2.79. The second-order valence-electron chi connectivity index (χ2n) is 9.10. The summed E-state index contributed by atoms with van der Waals surface area (Å²) in [7, 11) is -0.806. The van der Waals surface area contributed by atoms with Gasteiger partial charge in [0.25, 0.3) is 0 Å². The molecule has 1 N–H and O–H groups in total. The third-order valence-electron chi connectivity index (χ3n) is 7.08. The lowest BCUT2D eigenvalue weighted by Gasteiger charge is -2.51. The molecule has 0 spiro atoms. The van der Waals surface area contributed by atoms with E-state index in [9.17, 15) is 9.00 Å².